The molecule has 2 fully saturated rings. The Kier molecular flexibility index (Phi) is 3.99. The van der Waals surface area contributed by atoms with Crippen molar-refractivity contribution in [2.45, 2.75) is 76.9 Å². The minimum atomic E-state index is -0.102. The summed E-state index contributed by atoms with van der Waals surface area (Å²) in [5.41, 5.74) is -0.102. The molecule has 1 aromatic rings. The van der Waals surface area contributed by atoms with Gasteiger partial charge in [-0.25, -0.2) is 9.48 Å². The van der Waals surface area contributed by atoms with Gasteiger partial charge in [-0.2, -0.15) is 5.10 Å². The van der Waals surface area contributed by atoms with Crippen LogP contribution in [0.25, 0.3) is 0 Å². The molecule has 2 atom stereocenters. The molecular formula is C17H26N4O2. The second-order valence-electron chi connectivity index (χ2n) is 7.31. The molecule has 0 N–H and O–H groups in total. The van der Waals surface area contributed by atoms with Crippen molar-refractivity contribution < 1.29 is 4.79 Å². The molecule has 0 spiro atoms. The van der Waals surface area contributed by atoms with Crippen LogP contribution in [0.1, 0.15) is 57.2 Å². The van der Waals surface area contributed by atoms with Gasteiger partial charge in [-0.15, -0.1) is 0 Å². The Morgan fingerprint density at radius 3 is 2.83 bits per heavy atom. The standard InChI is InChI=1S/C17H26N4O2/c22-16(19-11-5-7-13-6-4-8-14(13)19)12-21-17(23)20-10-3-1-2-9-15(20)18-21/h13-14H,1-12H2/t13-,14-/m0/s1. The van der Waals surface area contributed by atoms with Crippen LogP contribution in [0.2, 0.25) is 0 Å². The van der Waals surface area contributed by atoms with Crippen LogP contribution < -0.4 is 5.69 Å². The summed E-state index contributed by atoms with van der Waals surface area (Å²) < 4.78 is 3.18. The summed E-state index contributed by atoms with van der Waals surface area (Å²) >= 11 is 0. The van der Waals surface area contributed by atoms with E-state index in [9.17, 15) is 9.59 Å². The Labute approximate surface area is 136 Å². The predicted molar refractivity (Wildman–Crippen MR) is 86.1 cm³/mol. The van der Waals surface area contributed by atoms with E-state index in [-0.39, 0.29) is 18.1 Å². The van der Waals surface area contributed by atoms with Gasteiger partial charge in [-0.3, -0.25) is 9.36 Å². The largest absolute Gasteiger partial charge is 0.346 e. The number of piperidine rings is 1. The van der Waals surface area contributed by atoms with E-state index in [1.807, 2.05) is 4.90 Å². The number of amides is 1. The monoisotopic (exact) mass is 318 g/mol. The van der Waals surface area contributed by atoms with Crippen LogP contribution in [0.15, 0.2) is 4.79 Å². The second kappa shape index (κ2) is 6.13. The Bertz CT molecular complexity index is 648. The molecule has 0 radical (unpaired) electrons. The number of carbonyl (C=O) groups is 1. The third kappa shape index (κ3) is 2.72. The summed E-state index contributed by atoms with van der Waals surface area (Å²) in [6.07, 6.45) is 10.1. The highest BCUT2D eigenvalue weighted by molar-refractivity contribution is 5.76. The lowest BCUT2D eigenvalue weighted by atomic mass is 9.92. The highest BCUT2D eigenvalue weighted by Crippen LogP contribution is 2.36. The molecule has 1 aliphatic carbocycles. The van der Waals surface area contributed by atoms with Gasteiger partial charge in [-0.1, -0.05) is 12.8 Å². The van der Waals surface area contributed by atoms with Crippen LogP contribution in [0.4, 0.5) is 0 Å². The highest BCUT2D eigenvalue weighted by Gasteiger charge is 2.37. The lowest BCUT2D eigenvalue weighted by Gasteiger charge is -2.37. The predicted octanol–water partition coefficient (Wildman–Crippen LogP) is 1.56. The molecule has 3 heterocycles. The highest BCUT2D eigenvalue weighted by atomic mass is 16.2. The molecule has 1 aromatic heterocycles. The molecule has 0 unspecified atom stereocenters. The van der Waals surface area contributed by atoms with E-state index in [0.29, 0.717) is 12.0 Å². The van der Waals surface area contributed by atoms with E-state index in [1.165, 1.54) is 23.9 Å². The van der Waals surface area contributed by atoms with Crippen LogP contribution in [0.5, 0.6) is 0 Å². The lowest BCUT2D eigenvalue weighted by Crippen LogP contribution is -2.48. The van der Waals surface area contributed by atoms with Crippen LogP contribution in [-0.2, 0) is 24.3 Å². The fourth-order valence-electron chi connectivity index (χ4n) is 4.71. The molecule has 0 aromatic carbocycles. The number of likely N-dealkylation sites (tertiary alicyclic amines) is 1. The van der Waals surface area contributed by atoms with Crippen LogP contribution >= 0.6 is 0 Å². The van der Waals surface area contributed by atoms with Crippen molar-refractivity contribution in [3.63, 3.8) is 0 Å². The van der Waals surface area contributed by atoms with Crippen LogP contribution in [0, 0.1) is 5.92 Å². The summed E-state index contributed by atoms with van der Waals surface area (Å²) in [7, 11) is 0. The van der Waals surface area contributed by atoms with Gasteiger partial charge in [-0.05, 0) is 44.4 Å². The van der Waals surface area contributed by atoms with Crippen LogP contribution in [0.3, 0.4) is 0 Å². The molecule has 126 valence electrons. The number of aromatic nitrogens is 3. The van der Waals surface area contributed by atoms with Crippen molar-refractivity contribution in [1.29, 1.82) is 0 Å². The molecule has 0 bridgehead atoms. The maximum Gasteiger partial charge on any atom is 0.346 e. The van der Waals surface area contributed by atoms with E-state index in [0.717, 1.165) is 57.4 Å². The number of hydrogen-bond donors (Lipinski definition) is 0. The van der Waals surface area contributed by atoms with Gasteiger partial charge < -0.3 is 4.90 Å². The first kappa shape index (κ1) is 15.0. The molecule has 3 aliphatic rings. The van der Waals surface area contributed by atoms with Crippen molar-refractivity contribution >= 4 is 5.91 Å². The molecule has 6 nitrogen and oxygen atoms in total. The van der Waals surface area contributed by atoms with E-state index >= 15 is 0 Å². The minimum Gasteiger partial charge on any atom is -0.338 e. The van der Waals surface area contributed by atoms with Gasteiger partial charge >= 0.3 is 5.69 Å². The summed E-state index contributed by atoms with van der Waals surface area (Å²) in [6.45, 7) is 1.71. The van der Waals surface area contributed by atoms with Crippen LogP contribution in [-0.4, -0.2) is 37.7 Å². The molecule has 6 heteroatoms. The molecule has 1 saturated carbocycles. The summed E-state index contributed by atoms with van der Waals surface area (Å²) in [4.78, 5) is 27.3. The number of rotatable bonds is 2. The van der Waals surface area contributed by atoms with E-state index in [4.69, 9.17) is 0 Å². The zero-order chi connectivity index (χ0) is 15.8. The zero-order valence-electron chi connectivity index (χ0n) is 13.7. The number of fused-ring (bicyclic) bond motifs is 2. The maximum atomic E-state index is 12.8. The van der Waals surface area contributed by atoms with Gasteiger partial charge in [0.2, 0.25) is 5.91 Å². The SMILES string of the molecule is O=C(Cn1nc2n(c1=O)CCCCC2)N1CCC[C@@H]2CCC[C@@H]21. The van der Waals surface area contributed by atoms with Crippen molar-refractivity contribution in [2.75, 3.05) is 6.54 Å². The molecule has 23 heavy (non-hydrogen) atoms. The third-order valence-corrected chi connectivity index (χ3v) is 5.88. The first-order chi connectivity index (χ1) is 11.2. The number of aryl methyl sites for hydroxylation is 1. The van der Waals surface area contributed by atoms with Crippen molar-refractivity contribution in [3.8, 4) is 0 Å². The molecule has 2 aliphatic heterocycles. The molecule has 1 saturated heterocycles. The molecular weight excluding hydrogens is 292 g/mol. The normalized spacial score (nSPS) is 27.4. The van der Waals surface area contributed by atoms with Gasteiger partial charge in [0.05, 0.1) is 0 Å². The topological polar surface area (TPSA) is 60.1 Å². The second-order valence-corrected chi connectivity index (χ2v) is 7.31. The fourth-order valence-corrected chi connectivity index (χ4v) is 4.71. The zero-order valence-corrected chi connectivity index (χ0v) is 13.7. The summed E-state index contributed by atoms with van der Waals surface area (Å²) in [5, 5.41) is 4.45. The van der Waals surface area contributed by atoms with Gasteiger partial charge in [0.25, 0.3) is 0 Å². The van der Waals surface area contributed by atoms with E-state index in [2.05, 4.69) is 5.10 Å². The molecule has 4 rings (SSSR count). The van der Waals surface area contributed by atoms with Crippen molar-refractivity contribution in [3.05, 3.63) is 16.3 Å². The van der Waals surface area contributed by atoms with Gasteiger partial charge in [0.15, 0.2) is 0 Å². The number of nitrogens with zero attached hydrogens (tertiary/aromatic N) is 4. The fraction of sp³-hybridized carbons (Fsp3) is 0.824. The molecule has 1 amide bonds. The van der Waals surface area contributed by atoms with E-state index in [1.54, 1.807) is 4.57 Å². The Hall–Kier alpha value is -1.59. The van der Waals surface area contributed by atoms with Crippen molar-refractivity contribution in [2.24, 2.45) is 5.92 Å². The third-order valence-electron chi connectivity index (χ3n) is 5.88. The van der Waals surface area contributed by atoms with E-state index < -0.39 is 0 Å². The van der Waals surface area contributed by atoms with Crippen molar-refractivity contribution in [1.82, 2.24) is 19.2 Å². The quantitative estimate of drug-likeness (QED) is 0.831. The maximum absolute atomic E-state index is 12.8. The lowest BCUT2D eigenvalue weighted by molar-refractivity contribution is -0.136. The summed E-state index contributed by atoms with van der Waals surface area (Å²) in [5.74, 6) is 1.62. The summed E-state index contributed by atoms with van der Waals surface area (Å²) in [6, 6.07) is 0.410. The first-order valence-corrected chi connectivity index (χ1v) is 9.20. The Morgan fingerprint density at radius 2 is 1.91 bits per heavy atom. The number of carbonyl (C=O) groups excluding carboxylic acids is 1. The first-order valence-electron chi connectivity index (χ1n) is 9.20. The minimum absolute atomic E-state index is 0.0805. The smallest absolute Gasteiger partial charge is 0.338 e. The number of hydrogen-bond acceptors (Lipinski definition) is 3. The average Bonchev–Trinajstić information content (AvgIpc) is 3.06. The Balaban J connectivity index is 1.51. The van der Waals surface area contributed by atoms with Gasteiger partial charge in [0, 0.05) is 25.6 Å². The van der Waals surface area contributed by atoms with Gasteiger partial charge in [0.1, 0.15) is 12.4 Å². The average molecular weight is 318 g/mol. The Morgan fingerprint density at radius 1 is 1.04 bits per heavy atom.